The minimum Gasteiger partial charge on any atom is -0.455 e. The third kappa shape index (κ3) is 2.05. The van der Waals surface area contributed by atoms with Crippen molar-refractivity contribution in [1.82, 2.24) is 0 Å². The van der Waals surface area contributed by atoms with Crippen molar-refractivity contribution in [2.24, 2.45) is 0 Å². The Hall–Kier alpha value is -4.65. The first-order chi connectivity index (χ1) is 16.5. The van der Waals surface area contributed by atoms with Crippen LogP contribution in [-0.2, 0) is 10.2 Å². The van der Waals surface area contributed by atoms with Crippen LogP contribution in [0.4, 0.5) is 5.69 Å². The lowest BCUT2D eigenvalue weighted by molar-refractivity contribution is -0.120. The molecule has 1 amide bonds. The van der Waals surface area contributed by atoms with Gasteiger partial charge >= 0.3 is 11.3 Å². The number of fused-ring (bicyclic) bond motifs is 10. The SMILES string of the molecule is CN1C(=O)C2(c3ccccc31)c1c(c3ccccc3oc1=O)Oc1c2c(=O)oc2ccccc12. The molecule has 0 radical (unpaired) electrons. The summed E-state index contributed by atoms with van der Waals surface area (Å²) in [7, 11) is 1.62. The highest BCUT2D eigenvalue weighted by atomic mass is 16.5. The molecule has 0 N–H and O–H groups in total. The van der Waals surface area contributed by atoms with Crippen LogP contribution in [-0.4, -0.2) is 13.0 Å². The summed E-state index contributed by atoms with van der Waals surface area (Å²) in [6, 6.07) is 21.0. The predicted octanol–water partition coefficient (Wildman–Crippen LogP) is 4.32. The van der Waals surface area contributed by atoms with E-state index in [1.165, 1.54) is 4.90 Å². The van der Waals surface area contributed by atoms with Gasteiger partial charge in [-0.2, -0.15) is 0 Å². The van der Waals surface area contributed by atoms with Crippen molar-refractivity contribution in [3.63, 3.8) is 0 Å². The lowest BCUT2D eigenvalue weighted by Gasteiger charge is -2.34. The number of carbonyl (C=O) groups excluding carboxylic acids is 1. The molecule has 0 atom stereocenters. The summed E-state index contributed by atoms with van der Waals surface area (Å²) in [6.45, 7) is 0. The Morgan fingerprint density at radius 3 is 1.76 bits per heavy atom. The van der Waals surface area contributed by atoms with Crippen LogP contribution in [0.3, 0.4) is 0 Å². The Labute approximate surface area is 191 Å². The van der Waals surface area contributed by atoms with Crippen LogP contribution in [0.2, 0.25) is 0 Å². The molecule has 0 unspecified atom stereocenters. The van der Waals surface area contributed by atoms with Gasteiger partial charge in [0.15, 0.2) is 11.5 Å². The Bertz CT molecular complexity index is 1730. The van der Waals surface area contributed by atoms with Crippen molar-refractivity contribution in [3.05, 3.63) is 110 Å². The third-order valence-electron chi connectivity index (χ3n) is 6.78. The molecule has 7 nitrogen and oxygen atoms in total. The van der Waals surface area contributed by atoms with Crippen molar-refractivity contribution in [2.75, 3.05) is 11.9 Å². The van der Waals surface area contributed by atoms with Crippen LogP contribution in [0.1, 0.15) is 16.7 Å². The average molecular weight is 449 g/mol. The van der Waals surface area contributed by atoms with Gasteiger partial charge in [0.25, 0.3) is 0 Å². The van der Waals surface area contributed by atoms with Crippen LogP contribution in [0.15, 0.2) is 91.2 Å². The van der Waals surface area contributed by atoms with Gasteiger partial charge in [-0.15, -0.1) is 0 Å². The monoisotopic (exact) mass is 449 g/mol. The number of rotatable bonds is 0. The summed E-state index contributed by atoms with van der Waals surface area (Å²) >= 11 is 0. The molecule has 3 aromatic carbocycles. The number of carbonyl (C=O) groups is 1. The second kappa shape index (κ2) is 6.23. The van der Waals surface area contributed by atoms with Crippen molar-refractivity contribution >= 4 is 33.5 Å². The number of hydrogen-bond acceptors (Lipinski definition) is 6. The van der Waals surface area contributed by atoms with Crippen molar-refractivity contribution in [3.8, 4) is 11.5 Å². The van der Waals surface area contributed by atoms with Crippen LogP contribution in [0.5, 0.6) is 11.5 Å². The van der Waals surface area contributed by atoms with Gasteiger partial charge in [0, 0.05) is 18.3 Å². The van der Waals surface area contributed by atoms with E-state index in [4.69, 9.17) is 13.6 Å². The Kier molecular flexibility index (Phi) is 3.46. The second-order valence-corrected chi connectivity index (χ2v) is 8.41. The fourth-order valence-corrected chi connectivity index (χ4v) is 5.37. The summed E-state index contributed by atoms with van der Waals surface area (Å²) < 4.78 is 17.7. The van der Waals surface area contributed by atoms with E-state index in [0.717, 1.165) is 0 Å². The summed E-state index contributed by atoms with van der Waals surface area (Å²) in [6.07, 6.45) is 0. The molecular weight excluding hydrogens is 434 g/mol. The van der Waals surface area contributed by atoms with Crippen LogP contribution in [0.25, 0.3) is 21.9 Å². The molecule has 2 aromatic heterocycles. The first-order valence-corrected chi connectivity index (χ1v) is 10.7. The zero-order valence-electron chi connectivity index (χ0n) is 17.8. The number of nitrogens with zero attached hydrogens (tertiary/aromatic N) is 1. The molecule has 0 bridgehead atoms. The minimum absolute atomic E-state index is 0.0249. The van der Waals surface area contributed by atoms with E-state index >= 15 is 0 Å². The van der Waals surface area contributed by atoms with E-state index < -0.39 is 22.6 Å². The highest BCUT2D eigenvalue weighted by Crippen LogP contribution is 2.57. The third-order valence-corrected chi connectivity index (χ3v) is 6.78. The maximum absolute atomic E-state index is 14.2. The number of ether oxygens (including phenoxy) is 1. The number of anilines is 1. The molecule has 164 valence electrons. The highest BCUT2D eigenvalue weighted by molar-refractivity contribution is 6.15. The van der Waals surface area contributed by atoms with E-state index in [-0.39, 0.29) is 22.6 Å². The van der Waals surface area contributed by atoms with E-state index in [1.54, 1.807) is 79.8 Å². The molecule has 0 fully saturated rings. The highest BCUT2D eigenvalue weighted by Gasteiger charge is 2.61. The molecule has 2 aliphatic heterocycles. The van der Waals surface area contributed by atoms with Gasteiger partial charge in [-0.1, -0.05) is 42.5 Å². The number of hydrogen-bond donors (Lipinski definition) is 0. The van der Waals surface area contributed by atoms with E-state index in [9.17, 15) is 14.4 Å². The molecule has 1 spiro atoms. The fourth-order valence-electron chi connectivity index (χ4n) is 5.37. The maximum atomic E-state index is 14.2. The second-order valence-electron chi connectivity index (χ2n) is 8.41. The number of amides is 1. The van der Waals surface area contributed by atoms with Crippen LogP contribution in [0, 0.1) is 0 Å². The lowest BCUT2D eigenvalue weighted by Crippen LogP contribution is -2.48. The van der Waals surface area contributed by atoms with Gasteiger partial charge in [0.1, 0.15) is 27.7 Å². The molecule has 7 heteroatoms. The van der Waals surface area contributed by atoms with Gasteiger partial charge in [-0.05, 0) is 30.3 Å². The molecule has 2 aliphatic rings. The quantitative estimate of drug-likeness (QED) is 0.327. The van der Waals surface area contributed by atoms with Crippen molar-refractivity contribution in [2.45, 2.75) is 5.41 Å². The molecule has 5 aromatic rings. The van der Waals surface area contributed by atoms with Crippen LogP contribution >= 0.6 is 0 Å². The van der Waals surface area contributed by atoms with E-state index in [0.29, 0.717) is 33.2 Å². The molecular formula is C27H15NO6. The Balaban J connectivity index is 1.78. The first-order valence-electron chi connectivity index (χ1n) is 10.7. The number of likely N-dealkylation sites (N-methyl/N-ethyl adjacent to an activating group) is 1. The van der Waals surface area contributed by atoms with Gasteiger partial charge < -0.3 is 18.5 Å². The fraction of sp³-hybridized carbons (Fsp3) is 0.0741. The number of benzene rings is 3. The largest absolute Gasteiger partial charge is 0.455 e. The van der Waals surface area contributed by atoms with Gasteiger partial charge in [0.2, 0.25) is 5.91 Å². The summed E-state index contributed by atoms with van der Waals surface area (Å²) in [5.74, 6) is -0.0493. The normalized spacial score (nSPS) is 15.3. The molecule has 4 heterocycles. The molecule has 34 heavy (non-hydrogen) atoms. The maximum Gasteiger partial charge on any atom is 0.345 e. The molecule has 0 saturated heterocycles. The summed E-state index contributed by atoms with van der Waals surface area (Å²) in [4.78, 5) is 42.7. The zero-order valence-corrected chi connectivity index (χ0v) is 17.8. The smallest absolute Gasteiger partial charge is 0.345 e. The topological polar surface area (TPSA) is 90.0 Å². The summed E-state index contributed by atoms with van der Waals surface area (Å²) in [5, 5.41) is 1.05. The molecule has 0 saturated carbocycles. The predicted molar refractivity (Wildman–Crippen MR) is 125 cm³/mol. The molecule has 0 aliphatic carbocycles. The average Bonchev–Trinajstić information content (AvgIpc) is 3.07. The summed E-state index contributed by atoms with van der Waals surface area (Å²) in [5.41, 5.74) is -1.58. The molecule has 7 rings (SSSR count). The Morgan fingerprint density at radius 2 is 1.18 bits per heavy atom. The van der Waals surface area contributed by atoms with Gasteiger partial charge in [-0.3, -0.25) is 4.79 Å². The number of para-hydroxylation sites is 3. The van der Waals surface area contributed by atoms with E-state index in [2.05, 4.69) is 0 Å². The minimum atomic E-state index is -1.77. The van der Waals surface area contributed by atoms with Gasteiger partial charge in [0.05, 0.1) is 10.8 Å². The van der Waals surface area contributed by atoms with Crippen LogP contribution < -0.4 is 20.9 Å². The first kappa shape index (κ1) is 18.9. The zero-order chi connectivity index (χ0) is 23.2. The van der Waals surface area contributed by atoms with Crippen molar-refractivity contribution < 1.29 is 18.4 Å². The van der Waals surface area contributed by atoms with E-state index in [1.807, 2.05) is 0 Å². The van der Waals surface area contributed by atoms with Crippen molar-refractivity contribution in [1.29, 1.82) is 0 Å². The lowest BCUT2D eigenvalue weighted by atomic mass is 9.69. The van der Waals surface area contributed by atoms with Gasteiger partial charge in [-0.25, -0.2) is 9.59 Å². The Morgan fingerprint density at radius 1 is 0.676 bits per heavy atom. The standard InChI is InChI=1S/C27H15NO6/c1-28-17-11-5-4-10-16(17)27(26(28)31)20-22(14-8-2-6-12-18(14)32-24(20)29)34-23-15-9-3-7-13-19(15)33-25(30)21(23)27/h2-13H,1H3.